The highest BCUT2D eigenvalue weighted by Crippen LogP contribution is 2.40. The van der Waals surface area contributed by atoms with E-state index < -0.39 is 5.91 Å². The number of aromatic nitrogens is 4. The van der Waals surface area contributed by atoms with Crippen LogP contribution in [0.25, 0.3) is 5.95 Å². The van der Waals surface area contributed by atoms with Crippen LogP contribution in [0.15, 0.2) is 41.2 Å². The fourth-order valence-electron chi connectivity index (χ4n) is 2.95. The van der Waals surface area contributed by atoms with Gasteiger partial charge in [-0.3, -0.25) is 14.6 Å². The summed E-state index contributed by atoms with van der Waals surface area (Å²) < 4.78 is 19.8. The molecule has 1 aliphatic rings. The molecule has 0 spiro atoms. The van der Waals surface area contributed by atoms with Crippen molar-refractivity contribution in [3.8, 4) is 11.7 Å². The highest BCUT2D eigenvalue weighted by molar-refractivity contribution is 5.91. The summed E-state index contributed by atoms with van der Waals surface area (Å²) in [6, 6.07) is 8.65. The summed E-state index contributed by atoms with van der Waals surface area (Å²) in [5.41, 5.74) is 1.18. The molecule has 8 nitrogen and oxygen atoms in total. The molecule has 2 heterocycles. The number of rotatable bonds is 7. The van der Waals surface area contributed by atoms with Gasteiger partial charge in [0.15, 0.2) is 6.61 Å². The summed E-state index contributed by atoms with van der Waals surface area (Å²) in [5, 5.41) is 7.31. The maximum Gasteiger partial charge on any atom is 0.263 e. The molecule has 1 aromatic carbocycles. The standard InChI is InChI=1S/C21H22FN5O3/c1-12(2)16-10-19(28)25-21(23-16)27-18(9-17(26-27)13-3-4-13)24-20(29)11-30-15-7-5-14(22)6-8-15/h5-10,12-13H,3-4,11H2,1-2H3,(H,24,29)(H,23,25,28). The van der Waals surface area contributed by atoms with E-state index in [2.05, 4.69) is 20.4 Å². The second kappa shape index (κ2) is 8.10. The average Bonchev–Trinajstić information content (AvgIpc) is 3.48. The summed E-state index contributed by atoms with van der Waals surface area (Å²) in [6.45, 7) is 3.63. The number of ether oxygens (including phenoxy) is 1. The number of halogens is 1. The third-order valence-corrected chi connectivity index (χ3v) is 4.72. The van der Waals surface area contributed by atoms with Gasteiger partial charge >= 0.3 is 0 Å². The third-order valence-electron chi connectivity index (χ3n) is 4.72. The zero-order valence-electron chi connectivity index (χ0n) is 16.7. The van der Waals surface area contributed by atoms with E-state index in [1.165, 1.54) is 35.0 Å². The summed E-state index contributed by atoms with van der Waals surface area (Å²) in [4.78, 5) is 31.7. The first-order valence-electron chi connectivity index (χ1n) is 9.79. The lowest BCUT2D eigenvalue weighted by Gasteiger charge is -2.11. The minimum Gasteiger partial charge on any atom is -0.484 e. The smallest absolute Gasteiger partial charge is 0.263 e. The predicted octanol–water partition coefficient (Wildman–Crippen LogP) is 3.11. The number of amides is 1. The van der Waals surface area contributed by atoms with E-state index in [-0.39, 0.29) is 29.8 Å². The molecule has 0 atom stereocenters. The van der Waals surface area contributed by atoms with Crippen LogP contribution in [0, 0.1) is 5.82 Å². The largest absolute Gasteiger partial charge is 0.484 e. The summed E-state index contributed by atoms with van der Waals surface area (Å²) in [6.07, 6.45) is 2.07. The molecule has 1 amide bonds. The first-order chi connectivity index (χ1) is 14.4. The van der Waals surface area contributed by atoms with Crippen molar-refractivity contribution >= 4 is 11.7 Å². The predicted molar refractivity (Wildman–Crippen MR) is 109 cm³/mol. The van der Waals surface area contributed by atoms with Gasteiger partial charge in [0.2, 0.25) is 5.95 Å². The van der Waals surface area contributed by atoms with Crippen LogP contribution in [0.2, 0.25) is 0 Å². The Bertz CT molecular complexity index is 1120. The molecule has 3 aromatic rings. The number of hydrogen-bond donors (Lipinski definition) is 2. The molecular weight excluding hydrogens is 389 g/mol. The molecule has 0 saturated heterocycles. The molecule has 1 fully saturated rings. The van der Waals surface area contributed by atoms with E-state index in [4.69, 9.17) is 4.74 Å². The molecular formula is C21H22FN5O3. The van der Waals surface area contributed by atoms with Gasteiger partial charge in [-0.2, -0.15) is 9.78 Å². The van der Waals surface area contributed by atoms with Crippen molar-refractivity contribution < 1.29 is 13.9 Å². The molecule has 2 aromatic heterocycles. The van der Waals surface area contributed by atoms with Gasteiger partial charge in [-0.1, -0.05) is 13.8 Å². The van der Waals surface area contributed by atoms with E-state index in [0.29, 0.717) is 23.2 Å². The summed E-state index contributed by atoms with van der Waals surface area (Å²) in [7, 11) is 0. The SMILES string of the molecule is CC(C)c1cc(=O)[nH]c(-n2nc(C3CC3)cc2NC(=O)COc2ccc(F)cc2)n1. The van der Waals surface area contributed by atoms with Crippen LogP contribution in [-0.2, 0) is 4.79 Å². The molecule has 1 aliphatic carbocycles. The molecule has 0 radical (unpaired) electrons. The van der Waals surface area contributed by atoms with E-state index in [1.807, 2.05) is 13.8 Å². The van der Waals surface area contributed by atoms with Gasteiger partial charge in [0.25, 0.3) is 11.5 Å². The Hall–Kier alpha value is -3.49. The molecule has 0 bridgehead atoms. The van der Waals surface area contributed by atoms with Gasteiger partial charge in [-0.15, -0.1) is 0 Å². The highest BCUT2D eigenvalue weighted by Gasteiger charge is 2.28. The Labute approximate surface area is 172 Å². The summed E-state index contributed by atoms with van der Waals surface area (Å²) in [5.74, 6) is 0.638. The first-order valence-corrected chi connectivity index (χ1v) is 9.79. The number of nitrogens with zero attached hydrogens (tertiary/aromatic N) is 3. The van der Waals surface area contributed by atoms with Crippen LogP contribution < -0.4 is 15.6 Å². The quantitative estimate of drug-likeness (QED) is 0.622. The Morgan fingerprint density at radius 1 is 1.30 bits per heavy atom. The van der Waals surface area contributed by atoms with Gasteiger partial charge in [0.05, 0.1) is 11.4 Å². The number of carbonyl (C=O) groups is 1. The topological polar surface area (TPSA) is 102 Å². The van der Waals surface area contributed by atoms with Crippen molar-refractivity contribution in [3.05, 3.63) is 64.0 Å². The number of H-pyrrole nitrogens is 1. The number of carbonyl (C=O) groups excluding carboxylic acids is 1. The molecule has 156 valence electrons. The third kappa shape index (κ3) is 4.56. The molecule has 0 unspecified atom stereocenters. The number of anilines is 1. The average molecular weight is 411 g/mol. The number of nitrogens with one attached hydrogen (secondary N) is 2. The number of hydrogen-bond acceptors (Lipinski definition) is 5. The lowest BCUT2D eigenvalue weighted by molar-refractivity contribution is -0.118. The minimum atomic E-state index is -0.412. The van der Waals surface area contributed by atoms with Crippen molar-refractivity contribution in [2.75, 3.05) is 11.9 Å². The molecule has 2 N–H and O–H groups in total. The summed E-state index contributed by atoms with van der Waals surface area (Å²) >= 11 is 0. The van der Waals surface area contributed by atoms with Crippen LogP contribution in [0.4, 0.5) is 10.2 Å². The van der Waals surface area contributed by atoms with Gasteiger partial charge in [0.1, 0.15) is 17.4 Å². The number of benzene rings is 1. The Kier molecular flexibility index (Phi) is 5.35. The van der Waals surface area contributed by atoms with Crippen LogP contribution in [0.1, 0.15) is 49.9 Å². The normalized spacial score (nSPS) is 13.5. The van der Waals surface area contributed by atoms with Gasteiger partial charge < -0.3 is 10.1 Å². The van der Waals surface area contributed by atoms with Gasteiger partial charge in [-0.25, -0.2) is 9.37 Å². The van der Waals surface area contributed by atoms with Crippen molar-refractivity contribution in [1.82, 2.24) is 19.7 Å². The lowest BCUT2D eigenvalue weighted by atomic mass is 10.1. The Morgan fingerprint density at radius 3 is 2.70 bits per heavy atom. The number of aromatic amines is 1. The Morgan fingerprint density at radius 2 is 2.03 bits per heavy atom. The Balaban J connectivity index is 1.56. The molecule has 4 rings (SSSR count). The maximum atomic E-state index is 13.0. The first kappa shape index (κ1) is 19.8. The second-order valence-corrected chi connectivity index (χ2v) is 7.58. The van der Waals surface area contributed by atoms with Crippen LogP contribution in [0.5, 0.6) is 5.75 Å². The van der Waals surface area contributed by atoms with E-state index in [0.717, 1.165) is 18.5 Å². The molecule has 1 saturated carbocycles. The van der Waals surface area contributed by atoms with Crippen molar-refractivity contribution in [3.63, 3.8) is 0 Å². The van der Waals surface area contributed by atoms with Crippen molar-refractivity contribution in [2.45, 2.75) is 38.5 Å². The van der Waals surface area contributed by atoms with E-state index in [9.17, 15) is 14.0 Å². The fourth-order valence-corrected chi connectivity index (χ4v) is 2.95. The zero-order chi connectivity index (χ0) is 21.3. The van der Waals surface area contributed by atoms with Crippen molar-refractivity contribution in [1.29, 1.82) is 0 Å². The fraction of sp³-hybridized carbons (Fsp3) is 0.333. The van der Waals surface area contributed by atoms with Crippen LogP contribution >= 0.6 is 0 Å². The molecule has 9 heteroatoms. The van der Waals surface area contributed by atoms with Crippen LogP contribution in [-0.4, -0.2) is 32.3 Å². The highest BCUT2D eigenvalue weighted by atomic mass is 19.1. The van der Waals surface area contributed by atoms with Gasteiger partial charge in [0, 0.05) is 18.1 Å². The van der Waals surface area contributed by atoms with Crippen molar-refractivity contribution in [2.24, 2.45) is 0 Å². The second-order valence-electron chi connectivity index (χ2n) is 7.58. The monoisotopic (exact) mass is 411 g/mol. The molecule has 0 aliphatic heterocycles. The maximum absolute atomic E-state index is 13.0. The van der Waals surface area contributed by atoms with E-state index in [1.54, 1.807) is 6.07 Å². The zero-order valence-corrected chi connectivity index (χ0v) is 16.7. The van der Waals surface area contributed by atoms with Gasteiger partial charge in [-0.05, 0) is 43.0 Å². The lowest BCUT2D eigenvalue weighted by Crippen LogP contribution is -2.23. The minimum absolute atomic E-state index is 0.0617. The molecule has 30 heavy (non-hydrogen) atoms. The van der Waals surface area contributed by atoms with Crippen LogP contribution in [0.3, 0.4) is 0 Å². The van der Waals surface area contributed by atoms with E-state index >= 15 is 0 Å².